The molecule has 0 aliphatic heterocycles. The molecule has 0 heterocycles. The van der Waals surface area contributed by atoms with Gasteiger partial charge in [-0.1, -0.05) is 128 Å². The van der Waals surface area contributed by atoms with Crippen LogP contribution in [0.2, 0.25) is 0 Å². The largest absolute Gasteiger partial charge is 0.391 e. The van der Waals surface area contributed by atoms with Gasteiger partial charge in [-0.3, -0.25) is 0 Å². The van der Waals surface area contributed by atoms with Crippen molar-refractivity contribution in [3.05, 3.63) is 102 Å². The molecule has 0 saturated carbocycles. The zero-order valence-electron chi connectivity index (χ0n) is 16.6. The maximum atomic E-state index is 6.45. The summed E-state index contributed by atoms with van der Waals surface area (Å²) in [5, 5.41) is 2.33. The summed E-state index contributed by atoms with van der Waals surface area (Å²) in [5.41, 5.74) is 2.69. The zero-order valence-corrected chi connectivity index (χ0v) is 19.2. The number of alkyl halides is 1. The topological polar surface area (TPSA) is 9.23 Å². The van der Waals surface area contributed by atoms with E-state index in [1.54, 1.807) is 0 Å². The fourth-order valence-corrected chi connectivity index (χ4v) is 5.53. The lowest BCUT2D eigenvalue weighted by molar-refractivity contribution is 0.357. The van der Waals surface area contributed by atoms with Crippen LogP contribution in [-0.2, 0) is 9.84 Å². The molecule has 0 aromatic heterocycles. The summed E-state index contributed by atoms with van der Waals surface area (Å²) in [6.45, 7) is 6.70. The van der Waals surface area contributed by atoms with Crippen LogP contribution in [0.1, 0.15) is 31.9 Å². The van der Waals surface area contributed by atoms with Crippen molar-refractivity contribution in [1.82, 2.24) is 0 Å². The van der Waals surface area contributed by atoms with Crippen molar-refractivity contribution in [2.24, 2.45) is 0 Å². The summed E-state index contributed by atoms with van der Waals surface area (Å²) in [4.78, 5) is 0. The van der Waals surface area contributed by atoms with E-state index in [2.05, 4.69) is 122 Å². The molecule has 0 fully saturated rings. The van der Waals surface area contributed by atoms with Gasteiger partial charge in [-0.05, 0) is 33.0 Å². The van der Waals surface area contributed by atoms with E-state index >= 15 is 0 Å². The van der Waals surface area contributed by atoms with Gasteiger partial charge in [-0.2, -0.15) is 0 Å². The van der Waals surface area contributed by atoms with Crippen molar-refractivity contribution in [3.63, 3.8) is 0 Å². The van der Waals surface area contributed by atoms with Crippen molar-refractivity contribution >= 4 is 41.4 Å². The smallest absolute Gasteiger partial charge is 0.284 e. The lowest BCUT2D eigenvalue weighted by Gasteiger charge is -2.19. The number of benzene rings is 3. The molecule has 0 aliphatic carbocycles. The summed E-state index contributed by atoms with van der Waals surface area (Å²) in [6, 6.07) is 29.7. The average Bonchev–Trinajstić information content (AvgIpc) is 2.71. The minimum atomic E-state index is -1.33. The summed E-state index contributed by atoms with van der Waals surface area (Å²) in [6.07, 6.45) is 4.18. The lowest BCUT2D eigenvalue weighted by atomic mass is 9.87. The summed E-state index contributed by atoms with van der Waals surface area (Å²) in [5.74, 6) is 0. The normalized spacial score (nSPS) is 13.2. The monoisotopic (exact) mass is 449 g/mol. The van der Waals surface area contributed by atoms with Gasteiger partial charge in [0.25, 0.3) is 9.04 Å². The van der Waals surface area contributed by atoms with Crippen molar-refractivity contribution in [2.75, 3.05) is 0 Å². The maximum Gasteiger partial charge on any atom is 0.284 e. The van der Waals surface area contributed by atoms with Crippen LogP contribution in [0.5, 0.6) is 0 Å². The molecule has 0 amide bonds. The Balaban J connectivity index is 1.73. The molecule has 1 unspecified atom stereocenters. The summed E-state index contributed by atoms with van der Waals surface area (Å²) >= 11 is 3.69. The molecule has 3 rings (SSSR count). The Kier molecular flexibility index (Phi) is 7.06. The van der Waals surface area contributed by atoms with Crippen molar-refractivity contribution in [3.8, 4) is 0 Å². The highest BCUT2D eigenvalue weighted by molar-refractivity contribution is 9.09. The molecule has 0 saturated heterocycles. The van der Waals surface area contributed by atoms with Crippen molar-refractivity contribution < 1.29 is 4.43 Å². The lowest BCUT2D eigenvalue weighted by Crippen LogP contribution is -2.46. The van der Waals surface area contributed by atoms with Crippen LogP contribution in [0.25, 0.3) is 6.08 Å². The highest BCUT2D eigenvalue weighted by Gasteiger charge is 2.21. The highest BCUT2D eigenvalue weighted by Crippen LogP contribution is 2.22. The molecule has 3 heteroatoms. The predicted octanol–water partition coefficient (Wildman–Crippen LogP) is 5.54. The third-order valence-corrected chi connectivity index (χ3v) is 7.56. The molecule has 3 aromatic rings. The van der Waals surface area contributed by atoms with Gasteiger partial charge in [-0.25, -0.2) is 0 Å². The number of rotatable bonds is 6. The van der Waals surface area contributed by atoms with E-state index in [4.69, 9.17) is 4.43 Å². The van der Waals surface area contributed by atoms with E-state index in [9.17, 15) is 0 Å². The Morgan fingerprint density at radius 3 is 1.75 bits per heavy atom. The Morgan fingerprint density at radius 2 is 1.29 bits per heavy atom. The molecule has 0 N–H and O–H groups in total. The molecule has 0 bridgehead atoms. The van der Waals surface area contributed by atoms with Crippen molar-refractivity contribution in [2.45, 2.75) is 31.2 Å². The number of hydrogen-bond donors (Lipinski definition) is 0. The first-order chi connectivity index (χ1) is 13.4. The van der Waals surface area contributed by atoms with Gasteiger partial charge < -0.3 is 4.43 Å². The zero-order chi connectivity index (χ0) is 20.0. The van der Waals surface area contributed by atoms with Gasteiger partial charge >= 0.3 is 0 Å². The van der Waals surface area contributed by atoms with E-state index in [1.807, 2.05) is 12.1 Å². The van der Waals surface area contributed by atoms with Gasteiger partial charge in [-0.15, -0.1) is 0 Å². The van der Waals surface area contributed by atoms with E-state index < -0.39 is 9.04 Å². The maximum absolute atomic E-state index is 6.45. The third-order valence-electron chi connectivity index (χ3n) is 4.52. The van der Waals surface area contributed by atoms with Crippen LogP contribution in [0, 0.1) is 0 Å². The molecule has 143 valence electrons. The third kappa shape index (κ3) is 5.78. The van der Waals surface area contributed by atoms with E-state index in [0.717, 1.165) is 0 Å². The van der Waals surface area contributed by atoms with Gasteiger partial charge in [0.05, 0.1) is 0 Å². The fraction of sp³-hybridized carbons (Fsp3) is 0.200. The van der Waals surface area contributed by atoms with Crippen LogP contribution in [0.4, 0.5) is 0 Å². The minimum absolute atomic E-state index is 0.149. The molecular formula is C25H26BrOSi. The molecule has 1 atom stereocenters. The fourth-order valence-electron chi connectivity index (χ4n) is 2.91. The Morgan fingerprint density at radius 1 is 0.786 bits per heavy atom. The van der Waals surface area contributed by atoms with Crippen LogP contribution in [-0.4, -0.2) is 14.1 Å². The second kappa shape index (κ2) is 9.51. The number of halogens is 1. The van der Waals surface area contributed by atoms with Gasteiger partial charge in [0.1, 0.15) is 5.01 Å². The van der Waals surface area contributed by atoms with E-state index in [1.165, 1.54) is 21.5 Å². The first-order valence-corrected chi connectivity index (χ1v) is 11.8. The summed E-state index contributed by atoms with van der Waals surface area (Å²) < 4.78 is 6.45. The molecule has 0 aliphatic rings. The first-order valence-electron chi connectivity index (χ1n) is 9.51. The SMILES string of the molecule is CC(C)(C)c1ccc(C=CC(Br)O[Si](c2ccccc2)c2ccccc2)cc1. The van der Waals surface area contributed by atoms with Gasteiger partial charge in [0.15, 0.2) is 0 Å². The minimum Gasteiger partial charge on any atom is -0.391 e. The van der Waals surface area contributed by atoms with Crippen LogP contribution in [0.15, 0.2) is 91.0 Å². The predicted molar refractivity (Wildman–Crippen MR) is 126 cm³/mol. The quantitative estimate of drug-likeness (QED) is 0.354. The Bertz CT molecular complexity index is 844. The average molecular weight is 450 g/mol. The van der Waals surface area contributed by atoms with Crippen molar-refractivity contribution in [1.29, 1.82) is 0 Å². The second-order valence-corrected chi connectivity index (χ2v) is 10.7. The molecule has 28 heavy (non-hydrogen) atoms. The highest BCUT2D eigenvalue weighted by atomic mass is 79.9. The molecule has 3 aromatic carbocycles. The van der Waals surface area contributed by atoms with Crippen LogP contribution in [0.3, 0.4) is 0 Å². The Hall–Kier alpha value is -1.94. The van der Waals surface area contributed by atoms with Crippen LogP contribution >= 0.6 is 15.9 Å². The van der Waals surface area contributed by atoms with Gasteiger partial charge in [0, 0.05) is 0 Å². The second-order valence-electron chi connectivity index (χ2n) is 7.76. The standard InChI is InChI=1S/C25H26BrOSi/c1-25(2,3)21-17-14-20(15-18-21)16-19-24(26)27-28(22-10-6-4-7-11-22)23-12-8-5-9-13-23/h4-19,24H,1-3H3. The molecule has 1 radical (unpaired) electrons. The van der Waals surface area contributed by atoms with E-state index in [-0.39, 0.29) is 10.4 Å². The molecule has 0 spiro atoms. The van der Waals surface area contributed by atoms with Gasteiger partial charge in [0.2, 0.25) is 0 Å². The number of hydrogen-bond acceptors (Lipinski definition) is 1. The Labute approximate surface area is 178 Å². The molecule has 1 nitrogen and oxygen atoms in total. The molecular weight excluding hydrogens is 424 g/mol. The first kappa shape index (κ1) is 20.8. The summed E-state index contributed by atoms with van der Waals surface area (Å²) in [7, 11) is -1.33. The van der Waals surface area contributed by atoms with Crippen LogP contribution < -0.4 is 10.4 Å². The van der Waals surface area contributed by atoms with E-state index in [0.29, 0.717) is 0 Å².